The van der Waals surface area contributed by atoms with Crippen molar-refractivity contribution in [3.8, 4) is 0 Å². The fraction of sp³-hybridized carbons (Fsp3) is 0.758. The first-order chi connectivity index (χ1) is 16.7. The first kappa shape index (κ1) is 29.0. The Morgan fingerprint density at radius 2 is 1.06 bits per heavy atom. The molecule has 1 atom stereocenters. The van der Waals surface area contributed by atoms with Crippen LogP contribution in [0.15, 0.2) is 24.3 Å². The number of aryl methyl sites for hydroxylation is 1. The van der Waals surface area contributed by atoms with E-state index in [1.165, 1.54) is 126 Å². The van der Waals surface area contributed by atoms with Gasteiger partial charge in [-0.2, -0.15) is 0 Å². The Hall–Kier alpha value is -1.24. The fourth-order valence-corrected chi connectivity index (χ4v) is 5.86. The molecule has 1 nitrogen and oxygen atoms in total. The lowest BCUT2D eigenvalue weighted by molar-refractivity contribution is 0.481. The van der Waals surface area contributed by atoms with Gasteiger partial charge in [0.1, 0.15) is 0 Å². The molecule has 0 N–H and O–H groups in total. The minimum absolute atomic E-state index is 0.722. The van der Waals surface area contributed by atoms with E-state index in [9.17, 15) is 0 Å². The van der Waals surface area contributed by atoms with Crippen LogP contribution in [0.5, 0.6) is 0 Å². The van der Waals surface area contributed by atoms with Gasteiger partial charge >= 0.3 is 0 Å². The summed E-state index contributed by atoms with van der Waals surface area (Å²) < 4.78 is 2.53. The van der Waals surface area contributed by atoms with E-state index >= 15 is 0 Å². The number of hydrogen-bond donors (Lipinski definition) is 0. The summed E-state index contributed by atoms with van der Waals surface area (Å²) in [7, 11) is 2.32. The van der Waals surface area contributed by atoms with E-state index in [1.807, 2.05) is 0 Å². The van der Waals surface area contributed by atoms with Crippen LogP contribution >= 0.6 is 0 Å². The van der Waals surface area contributed by atoms with Gasteiger partial charge in [-0.3, -0.25) is 0 Å². The van der Waals surface area contributed by atoms with Crippen molar-refractivity contribution in [3.05, 3.63) is 35.5 Å². The maximum Gasteiger partial charge on any atom is 0.0480 e. The largest absolute Gasteiger partial charge is 0.347 e. The molecule has 2 aromatic rings. The maximum atomic E-state index is 2.57. The molecule has 194 valence electrons. The van der Waals surface area contributed by atoms with Gasteiger partial charge in [0, 0.05) is 23.6 Å². The first-order valence-electron chi connectivity index (χ1n) is 15.2. The Bertz CT molecular complexity index is 758. The Labute approximate surface area is 213 Å². The standard InChI is InChI=1S/C33H57N/c1-6-10-14-17-21-28(20-13-9-4)30-24-25-32-31(26-30)27-33(34(32)5)29(22-18-15-11-7-2)23-19-16-12-8-3/h24-29H,6-23H2,1-5H3. The minimum Gasteiger partial charge on any atom is -0.347 e. The van der Waals surface area contributed by atoms with Gasteiger partial charge in [0.25, 0.3) is 0 Å². The van der Waals surface area contributed by atoms with E-state index in [-0.39, 0.29) is 0 Å². The van der Waals surface area contributed by atoms with Gasteiger partial charge in [0.2, 0.25) is 0 Å². The molecule has 0 saturated heterocycles. The third-order valence-electron chi connectivity index (χ3n) is 8.12. The number of unbranched alkanes of at least 4 members (excludes halogenated alkanes) is 10. The summed E-state index contributed by atoms with van der Waals surface area (Å²) >= 11 is 0. The van der Waals surface area contributed by atoms with E-state index in [0.29, 0.717) is 0 Å². The number of hydrogen-bond acceptors (Lipinski definition) is 0. The molecule has 0 spiro atoms. The van der Waals surface area contributed by atoms with Gasteiger partial charge < -0.3 is 4.57 Å². The summed E-state index contributed by atoms with van der Waals surface area (Å²) in [5.41, 5.74) is 4.62. The van der Waals surface area contributed by atoms with Crippen molar-refractivity contribution in [2.24, 2.45) is 7.05 Å². The molecule has 1 heteroatoms. The van der Waals surface area contributed by atoms with E-state index < -0.39 is 0 Å². The van der Waals surface area contributed by atoms with Crippen molar-refractivity contribution < 1.29 is 0 Å². The average molecular weight is 468 g/mol. The number of rotatable bonds is 20. The zero-order valence-corrected chi connectivity index (χ0v) is 23.6. The highest BCUT2D eigenvalue weighted by Gasteiger charge is 2.18. The van der Waals surface area contributed by atoms with Crippen molar-refractivity contribution in [2.45, 2.75) is 155 Å². The van der Waals surface area contributed by atoms with Crippen molar-refractivity contribution in [1.29, 1.82) is 0 Å². The average Bonchev–Trinajstić information content (AvgIpc) is 3.18. The molecule has 0 saturated carbocycles. The molecule has 1 aromatic heterocycles. The molecular formula is C33H57N. The highest BCUT2D eigenvalue weighted by atomic mass is 14.9. The monoisotopic (exact) mass is 467 g/mol. The SMILES string of the molecule is CCCCCCC(CCCC)c1ccc2c(c1)cc(C(CCCCCC)CCCCCC)n2C. The lowest BCUT2D eigenvalue weighted by atomic mass is 9.88. The molecule has 0 radical (unpaired) electrons. The molecule has 0 aliphatic rings. The van der Waals surface area contributed by atoms with Crippen LogP contribution in [0.25, 0.3) is 10.9 Å². The molecule has 2 rings (SSSR count). The van der Waals surface area contributed by atoms with Crippen molar-refractivity contribution >= 4 is 10.9 Å². The van der Waals surface area contributed by atoms with Gasteiger partial charge in [-0.25, -0.2) is 0 Å². The normalized spacial score (nSPS) is 12.8. The zero-order valence-electron chi connectivity index (χ0n) is 23.6. The van der Waals surface area contributed by atoms with Crippen LogP contribution in [0.4, 0.5) is 0 Å². The second-order valence-corrected chi connectivity index (χ2v) is 11.0. The Kier molecular flexibility index (Phi) is 14.7. The predicted molar refractivity (Wildman–Crippen MR) is 154 cm³/mol. The molecule has 34 heavy (non-hydrogen) atoms. The third-order valence-corrected chi connectivity index (χ3v) is 8.12. The lowest BCUT2D eigenvalue weighted by Gasteiger charge is -2.19. The molecule has 0 bridgehead atoms. The second-order valence-electron chi connectivity index (χ2n) is 11.0. The maximum absolute atomic E-state index is 2.57. The number of benzene rings is 1. The topological polar surface area (TPSA) is 4.93 Å². The van der Waals surface area contributed by atoms with Crippen LogP contribution in [0.1, 0.15) is 166 Å². The number of fused-ring (bicyclic) bond motifs is 1. The highest BCUT2D eigenvalue weighted by Crippen LogP contribution is 2.35. The molecule has 0 fully saturated rings. The predicted octanol–water partition coefficient (Wildman–Crippen LogP) is 11.4. The second kappa shape index (κ2) is 17.2. The summed E-state index contributed by atoms with van der Waals surface area (Å²) in [5, 5.41) is 1.48. The van der Waals surface area contributed by atoms with E-state index in [4.69, 9.17) is 0 Å². The Balaban J connectivity index is 2.21. The van der Waals surface area contributed by atoms with Gasteiger partial charge in [0.05, 0.1) is 0 Å². The summed E-state index contributed by atoms with van der Waals surface area (Å²) in [5.74, 6) is 1.46. The number of aromatic nitrogens is 1. The van der Waals surface area contributed by atoms with Crippen LogP contribution < -0.4 is 0 Å². The highest BCUT2D eigenvalue weighted by molar-refractivity contribution is 5.82. The molecular weight excluding hydrogens is 410 g/mol. The van der Waals surface area contributed by atoms with Gasteiger partial charge in [0.15, 0.2) is 0 Å². The van der Waals surface area contributed by atoms with E-state index in [0.717, 1.165) is 11.8 Å². The number of nitrogens with zero attached hydrogens (tertiary/aromatic N) is 1. The summed E-state index contributed by atoms with van der Waals surface area (Å²) in [6.07, 6.45) is 24.6. The summed E-state index contributed by atoms with van der Waals surface area (Å²) in [6.45, 7) is 9.29. The third kappa shape index (κ3) is 9.43. The molecule has 0 aliphatic carbocycles. The fourth-order valence-electron chi connectivity index (χ4n) is 5.86. The minimum atomic E-state index is 0.722. The summed E-state index contributed by atoms with van der Waals surface area (Å²) in [4.78, 5) is 0. The smallest absolute Gasteiger partial charge is 0.0480 e. The van der Waals surface area contributed by atoms with Gasteiger partial charge in [-0.05, 0) is 61.3 Å². The molecule has 1 aromatic carbocycles. The van der Waals surface area contributed by atoms with Crippen molar-refractivity contribution in [3.63, 3.8) is 0 Å². The van der Waals surface area contributed by atoms with Gasteiger partial charge in [-0.1, -0.05) is 124 Å². The van der Waals surface area contributed by atoms with Crippen LogP contribution in [-0.4, -0.2) is 4.57 Å². The van der Waals surface area contributed by atoms with E-state index in [2.05, 4.69) is 63.6 Å². The lowest BCUT2D eigenvalue weighted by Crippen LogP contribution is -2.05. The van der Waals surface area contributed by atoms with E-state index in [1.54, 1.807) is 11.3 Å². The van der Waals surface area contributed by atoms with Crippen LogP contribution in [-0.2, 0) is 7.05 Å². The quantitative estimate of drug-likeness (QED) is 0.171. The summed E-state index contributed by atoms with van der Waals surface area (Å²) in [6, 6.07) is 10.0. The molecule has 1 heterocycles. The van der Waals surface area contributed by atoms with Crippen molar-refractivity contribution in [1.82, 2.24) is 4.57 Å². The molecule has 0 aliphatic heterocycles. The molecule has 0 amide bonds. The van der Waals surface area contributed by atoms with Gasteiger partial charge in [-0.15, -0.1) is 0 Å². The van der Waals surface area contributed by atoms with Crippen LogP contribution in [0, 0.1) is 0 Å². The Morgan fingerprint density at radius 3 is 1.59 bits per heavy atom. The molecule has 1 unspecified atom stereocenters. The first-order valence-corrected chi connectivity index (χ1v) is 15.2. The Morgan fingerprint density at radius 1 is 0.559 bits per heavy atom. The van der Waals surface area contributed by atoms with Crippen LogP contribution in [0.3, 0.4) is 0 Å². The zero-order chi connectivity index (χ0) is 24.6. The van der Waals surface area contributed by atoms with Crippen LogP contribution in [0.2, 0.25) is 0 Å². The van der Waals surface area contributed by atoms with Crippen molar-refractivity contribution in [2.75, 3.05) is 0 Å².